The molecule has 84 valence electrons. The Labute approximate surface area is 90.7 Å². The number of nitrogens with one attached hydrogen (secondary N) is 1. The maximum absolute atomic E-state index is 11.6. The van der Waals surface area contributed by atoms with E-state index in [2.05, 4.69) is 9.40 Å². The maximum atomic E-state index is 11.6. The average molecular weight is 221 g/mol. The molecule has 0 radical (unpaired) electrons. The molecule has 0 bridgehead atoms. The lowest BCUT2D eigenvalue weighted by Gasteiger charge is -2.08. The van der Waals surface area contributed by atoms with E-state index in [0.717, 1.165) is 5.56 Å². The van der Waals surface area contributed by atoms with Crippen LogP contribution in [0, 0.1) is 6.92 Å². The Hall–Kier alpha value is -2.04. The molecule has 1 aromatic heterocycles. The Morgan fingerprint density at radius 3 is 2.81 bits per heavy atom. The zero-order chi connectivity index (χ0) is 11.7. The summed E-state index contributed by atoms with van der Waals surface area (Å²) in [6.07, 6.45) is 0. The minimum atomic E-state index is -0.760. The molecule has 0 saturated carbocycles. The van der Waals surface area contributed by atoms with Gasteiger partial charge in [0.2, 0.25) is 0 Å². The van der Waals surface area contributed by atoms with Crippen LogP contribution in [0.15, 0.2) is 26.1 Å². The van der Waals surface area contributed by atoms with Crippen LogP contribution in [0.25, 0.3) is 10.9 Å². The van der Waals surface area contributed by atoms with E-state index in [1.165, 1.54) is 0 Å². The highest BCUT2D eigenvalue weighted by atomic mass is 16.5. The van der Waals surface area contributed by atoms with Gasteiger partial charge in [0.1, 0.15) is 11.1 Å². The highest BCUT2D eigenvalue weighted by molar-refractivity contribution is 5.85. The molecule has 0 amide bonds. The third kappa shape index (κ3) is 1.60. The summed E-state index contributed by atoms with van der Waals surface area (Å²) < 4.78 is 9.87. The van der Waals surface area contributed by atoms with Crippen LogP contribution in [0.3, 0.4) is 0 Å². The van der Waals surface area contributed by atoms with Crippen molar-refractivity contribution in [3.05, 3.63) is 38.7 Å². The Morgan fingerprint density at radius 2 is 2.12 bits per heavy atom. The van der Waals surface area contributed by atoms with Gasteiger partial charge in [-0.05, 0) is 25.5 Å². The van der Waals surface area contributed by atoms with Gasteiger partial charge in [-0.15, -0.1) is 0 Å². The van der Waals surface area contributed by atoms with Gasteiger partial charge in [-0.2, -0.15) is 0 Å². The normalized spacial score (nSPS) is 10.6. The van der Waals surface area contributed by atoms with Crippen LogP contribution in [-0.4, -0.2) is 11.6 Å². The van der Waals surface area contributed by atoms with E-state index < -0.39 is 11.4 Å². The minimum Gasteiger partial charge on any atom is -0.493 e. The largest absolute Gasteiger partial charge is 0.493 e. The second kappa shape index (κ2) is 3.84. The third-order valence-electron chi connectivity index (χ3n) is 2.27. The maximum Gasteiger partial charge on any atom is 0.419 e. The van der Waals surface area contributed by atoms with Crippen molar-refractivity contribution in [3.63, 3.8) is 0 Å². The number of aromatic amines is 1. The monoisotopic (exact) mass is 221 g/mol. The molecule has 0 spiro atoms. The Balaban J connectivity index is 2.91. The molecule has 2 rings (SSSR count). The van der Waals surface area contributed by atoms with Crippen molar-refractivity contribution in [2.75, 3.05) is 6.61 Å². The van der Waals surface area contributed by atoms with Crippen LogP contribution >= 0.6 is 0 Å². The molecule has 0 saturated heterocycles. The Bertz CT molecular complexity index is 638. The van der Waals surface area contributed by atoms with Crippen molar-refractivity contribution in [2.45, 2.75) is 13.8 Å². The molecule has 0 aliphatic rings. The number of fused-ring (bicyclic) bond motifs is 1. The predicted molar refractivity (Wildman–Crippen MR) is 59.0 cm³/mol. The van der Waals surface area contributed by atoms with Crippen LogP contribution in [0.1, 0.15) is 12.5 Å². The van der Waals surface area contributed by atoms with E-state index in [1.807, 2.05) is 13.8 Å². The van der Waals surface area contributed by atoms with Gasteiger partial charge in [0.05, 0.1) is 12.1 Å². The molecule has 5 heteroatoms. The molecule has 1 aromatic carbocycles. The van der Waals surface area contributed by atoms with E-state index in [4.69, 9.17) is 4.74 Å². The molecule has 1 N–H and O–H groups in total. The topological polar surface area (TPSA) is 72.3 Å². The molecule has 0 aliphatic heterocycles. The summed E-state index contributed by atoms with van der Waals surface area (Å²) in [5.74, 6) is -0.297. The Kier molecular flexibility index (Phi) is 2.52. The van der Waals surface area contributed by atoms with Crippen molar-refractivity contribution in [1.82, 2.24) is 4.98 Å². The zero-order valence-corrected chi connectivity index (χ0v) is 8.99. The van der Waals surface area contributed by atoms with Crippen molar-refractivity contribution < 1.29 is 9.15 Å². The van der Waals surface area contributed by atoms with Gasteiger partial charge in [0.25, 0.3) is 0 Å². The highest BCUT2D eigenvalue weighted by Crippen LogP contribution is 2.24. The number of hydrogen-bond donors (Lipinski definition) is 1. The highest BCUT2D eigenvalue weighted by Gasteiger charge is 2.11. The fraction of sp³-hybridized carbons (Fsp3) is 0.273. The summed E-state index contributed by atoms with van der Waals surface area (Å²) in [4.78, 5) is 25.0. The summed E-state index contributed by atoms with van der Waals surface area (Å²) in [5, 5.41) is 0.279. The van der Waals surface area contributed by atoms with E-state index >= 15 is 0 Å². The standard InChI is InChI=1S/C11H11NO4/c1-3-15-9-6(2)4-5-7-8(9)10(13)16-11(14)12-7/h4-5H,3H2,1-2H3,(H,12,14). The number of benzene rings is 1. The SMILES string of the molecule is CCOc1c(C)ccc2[nH]c(=O)oc(=O)c12. The van der Waals surface area contributed by atoms with Crippen LogP contribution in [0.2, 0.25) is 0 Å². The van der Waals surface area contributed by atoms with Gasteiger partial charge in [0.15, 0.2) is 0 Å². The predicted octanol–water partition coefficient (Wildman–Crippen LogP) is 1.19. The van der Waals surface area contributed by atoms with Crippen LogP contribution in [-0.2, 0) is 0 Å². The van der Waals surface area contributed by atoms with E-state index in [-0.39, 0.29) is 5.39 Å². The van der Waals surface area contributed by atoms with E-state index in [0.29, 0.717) is 17.9 Å². The Morgan fingerprint density at radius 1 is 1.38 bits per heavy atom. The molecular formula is C11H11NO4. The van der Waals surface area contributed by atoms with Crippen molar-refractivity contribution in [2.24, 2.45) is 0 Å². The molecule has 0 fully saturated rings. The lowest BCUT2D eigenvalue weighted by molar-refractivity contribution is 0.340. The van der Waals surface area contributed by atoms with Gasteiger partial charge in [-0.1, -0.05) is 6.07 Å². The van der Waals surface area contributed by atoms with Crippen LogP contribution in [0.5, 0.6) is 5.75 Å². The first-order valence-corrected chi connectivity index (χ1v) is 4.93. The number of rotatable bonds is 2. The first-order valence-electron chi connectivity index (χ1n) is 4.93. The molecule has 2 aromatic rings. The van der Waals surface area contributed by atoms with Gasteiger partial charge in [0, 0.05) is 0 Å². The lowest BCUT2D eigenvalue weighted by Crippen LogP contribution is -2.15. The molecule has 16 heavy (non-hydrogen) atoms. The lowest BCUT2D eigenvalue weighted by atomic mass is 10.1. The fourth-order valence-corrected chi connectivity index (χ4v) is 1.59. The molecule has 0 atom stereocenters. The summed E-state index contributed by atoms with van der Waals surface area (Å²) in [5.41, 5.74) is 0.579. The number of hydrogen-bond acceptors (Lipinski definition) is 4. The van der Waals surface area contributed by atoms with Gasteiger partial charge >= 0.3 is 11.4 Å². The minimum absolute atomic E-state index is 0.279. The van der Waals surface area contributed by atoms with Gasteiger partial charge in [-0.3, -0.25) is 4.98 Å². The number of H-pyrrole nitrogens is 1. The molecular weight excluding hydrogens is 210 g/mol. The quantitative estimate of drug-likeness (QED) is 0.826. The molecule has 5 nitrogen and oxygen atoms in total. The molecule has 1 heterocycles. The summed E-state index contributed by atoms with van der Waals surface area (Å²) in [7, 11) is 0. The third-order valence-corrected chi connectivity index (χ3v) is 2.27. The number of aryl methyl sites for hydroxylation is 1. The summed E-state index contributed by atoms with van der Waals surface area (Å²) in [6, 6.07) is 3.44. The van der Waals surface area contributed by atoms with Crippen molar-refractivity contribution >= 4 is 10.9 Å². The van der Waals surface area contributed by atoms with Crippen LogP contribution in [0.4, 0.5) is 0 Å². The zero-order valence-electron chi connectivity index (χ0n) is 8.99. The molecule has 0 unspecified atom stereocenters. The van der Waals surface area contributed by atoms with Gasteiger partial charge < -0.3 is 9.15 Å². The van der Waals surface area contributed by atoms with Crippen molar-refractivity contribution in [3.8, 4) is 5.75 Å². The average Bonchev–Trinajstić information content (AvgIpc) is 2.22. The second-order valence-electron chi connectivity index (χ2n) is 3.37. The van der Waals surface area contributed by atoms with E-state index in [9.17, 15) is 9.59 Å². The smallest absolute Gasteiger partial charge is 0.419 e. The second-order valence-corrected chi connectivity index (χ2v) is 3.37. The van der Waals surface area contributed by atoms with Gasteiger partial charge in [-0.25, -0.2) is 9.59 Å². The van der Waals surface area contributed by atoms with Crippen molar-refractivity contribution in [1.29, 1.82) is 0 Å². The number of ether oxygens (including phenoxy) is 1. The molecule has 0 aliphatic carbocycles. The summed E-state index contributed by atoms with van der Waals surface area (Å²) in [6.45, 7) is 4.10. The number of aromatic nitrogens is 1. The van der Waals surface area contributed by atoms with E-state index in [1.54, 1.807) is 12.1 Å². The first-order chi connectivity index (χ1) is 7.63. The first kappa shape index (κ1) is 10.5. The fourth-order valence-electron chi connectivity index (χ4n) is 1.59. The van der Waals surface area contributed by atoms with Crippen LogP contribution < -0.4 is 16.1 Å². The summed E-state index contributed by atoms with van der Waals surface area (Å²) >= 11 is 0.